The van der Waals surface area contributed by atoms with E-state index in [0.29, 0.717) is 42.9 Å². The molecule has 4 nitrogen and oxygen atoms in total. The highest BCUT2D eigenvalue weighted by Crippen LogP contribution is 2.42. The maximum Gasteiger partial charge on any atom is 0.416 e. The Hall–Kier alpha value is -2.80. The first-order valence-electron chi connectivity index (χ1n) is 11.1. The van der Waals surface area contributed by atoms with E-state index < -0.39 is 17.7 Å². The van der Waals surface area contributed by atoms with E-state index in [2.05, 4.69) is 0 Å². The second-order valence-corrected chi connectivity index (χ2v) is 8.63. The van der Waals surface area contributed by atoms with E-state index in [-0.39, 0.29) is 11.8 Å². The molecule has 0 fully saturated rings. The van der Waals surface area contributed by atoms with Crippen molar-refractivity contribution < 1.29 is 22.7 Å². The average Bonchev–Trinajstić information content (AvgIpc) is 2.89. The molecule has 0 saturated heterocycles. The zero-order valence-corrected chi connectivity index (χ0v) is 19.5. The number of anilines is 1. The summed E-state index contributed by atoms with van der Waals surface area (Å²) in [5.74, 6) is -0.0185. The first-order valence-corrected chi connectivity index (χ1v) is 11.1. The van der Waals surface area contributed by atoms with Gasteiger partial charge >= 0.3 is 6.18 Å². The lowest BCUT2D eigenvalue weighted by Gasteiger charge is -2.29. The fourth-order valence-electron chi connectivity index (χ4n) is 4.34. The van der Waals surface area contributed by atoms with Gasteiger partial charge in [0.05, 0.1) is 12.7 Å². The molecule has 0 aromatic heterocycles. The van der Waals surface area contributed by atoms with Crippen LogP contribution in [0.3, 0.4) is 0 Å². The molecule has 0 radical (unpaired) electrons. The van der Waals surface area contributed by atoms with E-state index >= 15 is 0 Å². The number of benzene rings is 2. The summed E-state index contributed by atoms with van der Waals surface area (Å²) in [6, 6.07) is 11.2. The van der Waals surface area contributed by atoms with Gasteiger partial charge in [-0.1, -0.05) is 24.3 Å². The lowest BCUT2D eigenvalue weighted by molar-refractivity contribution is -0.137. The minimum Gasteiger partial charge on any atom is -0.497 e. The molecule has 1 amide bonds. The van der Waals surface area contributed by atoms with Gasteiger partial charge in [-0.05, 0) is 81.2 Å². The monoisotopic (exact) mass is 460 g/mol. The van der Waals surface area contributed by atoms with Gasteiger partial charge in [0, 0.05) is 24.7 Å². The van der Waals surface area contributed by atoms with Crippen LogP contribution in [-0.4, -0.2) is 45.1 Å². The van der Waals surface area contributed by atoms with Gasteiger partial charge in [0.25, 0.3) is 0 Å². The van der Waals surface area contributed by atoms with Gasteiger partial charge in [0.1, 0.15) is 5.75 Å². The molecule has 1 aliphatic rings. The summed E-state index contributed by atoms with van der Waals surface area (Å²) in [5, 5.41) is 0. The van der Waals surface area contributed by atoms with Crippen molar-refractivity contribution >= 4 is 11.6 Å². The quantitative estimate of drug-likeness (QED) is 0.510. The molecule has 0 unspecified atom stereocenters. The molecule has 178 valence electrons. The third-order valence-corrected chi connectivity index (χ3v) is 6.15. The van der Waals surface area contributed by atoms with Crippen LogP contribution in [0.2, 0.25) is 0 Å². The van der Waals surface area contributed by atoms with Crippen LogP contribution in [0, 0.1) is 5.92 Å². The number of rotatable bonds is 7. The molecule has 2 aromatic carbocycles. The van der Waals surface area contributed by atoms with Gasteiger partial charge in [-0.25, -0.2) is 0 Å². The van der Waals surface area contributed by atoms with Crippen molar-refractivity contribution in [2.75, 3.05) is 39.2 Å². The SMILES string of the molecule is CC=CC[C@@H]1C(=O)N(CCN(C)C)c2ccc(C(F)(F)F)cc2C[C@@H]1c1ccc(OC)cc1. The predicted octanol–water partition coefficient (Wildman–Crippen LogP) is 5.53. The number of ether oxygens (including phenoxy) is 1. The molecule has 0 bridgehead atoms. The van der Waals surface area contributed by atoms with Crippen molar-refractivity contribution in [3.63, 3.8) is 0 Å². The topological polar surface area (TPSA) is 32.8 Å². The molecule has 0 saturated carbocycles. The normalized spacial score (nSPS) is 19.2. The Kier molecular flexibility index (Phi) is 7.84. The van der Waals surface area contributed by atoms with E-state index in [9.17, 15) is 18.0 Å². The molecule has 1 aliphatic heterocycles. The van der Waals surface area contributed by atoms with Crippen LogP contribution in [-0.2, 0) is 17.4 Å². The third-order valence-electron chi connectivity index (χ3n) is 6.15. The summed E-state index contributed by atoms with van der Waals surface area (Å²) in [6.45, 7) is 2.92. The second kappa shape index (κ2) is 10.4. The van der Waals surface area contributed by atoms with Gasteiger partial charge < -0.3 is 14.5 Å². The Morgan fingerprint density at radius 1 is 1.15 bits per heavy atom. The molecule has 2 atom stereocenters. The Bertz CT molecular complexity index is 984. The van der Waals surface area contributed by atoms with E-state index in [0.717, 1.165) is 11.6 Å². The minimum absolute atomic E-state index is 0.0609. The highest BCUT2D eigenvalue weighted by molar-refractivity contribution is 5.97. The summed E-state index contributed by atoms with van der Waals surface area (Å²) in [4.78, 5) is 17.5. The van der Waals surface area contributed by atoms with Crippen molar-refractivity contribution in [1.29, 1.82) is 0 Å². The molecule has 3 rings (SSSR count). The zero-order chi connectivity index (χ0) is 24.2. The number of likely N-dealkylation sites (N-methyl/N-ethyl adjacent to an activating group) is 1. The van der Waals surface area contributed by atoms with E-state index in [1.165, 1.54) is 12.1 Å². The number of amides is 1. The maximum absolute atomic E-state index is 13.8. The van der Waals surface area contributed by atoms with Gasteiger partial charge in [-0.2, -0.15) is 13.2 Å². The fourth-order valence-corrected chi connectivity index (χ4v) is 4.34. The number of hydrogen-bond acceptors (Lipinski definition) is 3. The van der Waals surface area contributed by atoms with Gasteiger partial charge in [0.2, 0.25) is 5.91 Å². The van der Waals surface area contributed by atoms with E-state index in [1.54, 1.807) is 12.0 Å². The summed E-state index contributed by atoms with van der Waals surface area (Å²) >= 11 is 0. The highest BCUT2D eigenvalue weighted by Gasteiger charge is 2.39. The Balaban J connectivity index is 2.14. The second-order valence-electron chi connectivity index (χ2n) is 8.63. The average molecular weight is 461 g/mol. The summed E-state index contributed by atoms with van der Waals surface area (Å²) in [5.41, 5.74) is 1.33. The van der Waals surface area contributed by atoms with Gasteiger partial charge in [-0.3, -0.25) is 4.79 Å². The number of allylic oxidation sites excluding steroid dienone is 2. The number of carbonyl (C=O) groups is 1. The van der Waals surface area contributed by atoms with Crippen molar-refractivity contribution in [3.8, 4) is 5.75 Å². The van der Waals surface area contributed by atoms with Gasteiger partial charge in [0.15, 0.2) is 0 Å². The zero-order valence-electron chi connectivity index (χ0n) is 19.5. The standard InChI is InChI=1S/C26H31F3N2O2/c1-5-6-7-22-23(18-8-11-21(33-4)12-9-18)17-19-16-20(26(27,28)29)10-13-24(19)31(25(22)32)15-14-30(2)3/h5-6,8-13,16,22-23H,7,14-15,17H2,1-4H3/t22-,23+/m0/s1. The maximum atomic E-state index is 13.8. The summed E-state index contributed by atoms with van der Waals surface area (Å²) in [7, 11) is 5.40. The van der Waals surface area contributed by atoms with Crippen LogP contribution in [0.4, 0.5) is 18.9 Å². The Morgan fingerprint density at radius 2 is 1.85 bits per heavy atom. The third kappa shape index (κ3) is 5.77. The van der Waals surface area contributed by atoms with Gasteiger partial charge in [-0.15, -0.1) is 0 Å². The van der Waals surface area contributed by atoms with Crippen LogP contribution in [0.1, 0.15) is 36.0 Å². The molecule has 7 heteroatoms. The lowest BCUT2D eigenvalue weighted by atomic mass is 9.80. The van der Waals surface area contributed by atoms with Crippen molar-refractivity contribution in [2.45, 2.75) is 31.9 Å². The highest BCUT2D eigenvalue weighted by atomic mass is 19.4. The number of methoxy groups -OCH3 is 1. The molecule has 2 aromatic rings. The molecule has 0 spiro atoms. The van der Waals surface area contributed by atoms with Crippen molar-refractivity contribution in [3.05, 3.63) is 71.3 Å². The number of hydrogen-bond donors (Lipinski definition) is 0. The first kappa shape index (κ1) is 24.8. The fraction of sp³-hybridized carbons (Fsp3) is 0.423. The van der Waals surface area contributed by atoms with Crippen molar-refractivity contribution in [2.24, 2.45) is 5.92 Å². The smallest absolute Gasteiger partial charge is 0.416 e. The lowest BCUT2D eigenvalue weighted by Crippen LogP contribution is -2.41. The minimum atomic E-state index is -4.44. The summed E-state index contributed by atoms with van der Waals surface area (Å²) < 4.78 is 45.8. The summed E-state index contributed by atoms with van der Waals surface area (Å²) in [6.07, 6.45) is 0.283. The number of fused-ring (bicyclic) bond motifs is 1. The number of carbonyl (C=O) groups excluding carboxylic acids is 1. The van der Waals surface area contributed by atoms with Crippen molar-refractivity contribution in [1.82, 2.24) is 4.90 Å². The van der Waals surface area contributed by atoms with E-state index in [4.69, 9.17) is 4.74 Å². The molecule has 33 heavy (non-hydrogen) atoms. The Labute approximate surface area is 193 Å². The predicted molar refractivity (Wildman–Crippen MR) is 125 cm³/mol. The van der Waals surface area contributed by atoms with E-state index in [1.807, 2.05) is 62.3 Å². The van der Waals surface area contributed by atoms with Crippen LogP contribution in [0.25, 0.3) is 0 Å². The van der Waals surface area contributed by atoms with Crippen LogP contribution in [0.15, 0.2) is 54.6 Å². The number of nitrogens with zero attached hydrogens (tertiary/aromatic N) is 2. The molecule has 1 heterocycles. The van der Waals surface area contributed by atoms with Crippen LogP contribution < -0.4 is 9.64 Å². The number of halogens is 3. The van der Waals surface area contributed by atoms with Crippen LogP contribution in [0.5, 0.6) is 5.75 Å². The Morgan fingerprint density at radius 3 is 2.42 bits per heavy atom. The molecular weight excluding hydrogens is 429 g/mol. The number of alkyl halides is 3. The largest absolute Gasteiger partial charge is 0.497 e. The molecule has 0 aliphatic carbocycles. The van der Waals surface area contributed by atoms with Crippen LogP contribution >= 0.6 is 0 Å². The molecule has 0 N–H and O–H groups in total. The first-order chi connectivity index (χ1) is 15.7. The molecular formula is C26H31F3N2O2.